The Balaban J connectivity index is 1.40. The highest BCUT2D eigenvalue weighted by Gasteiger charge is 2.52. The summed E-state index contributed by atoms with van der Waals surface area (Å²) < 4.78 is 24.1. The molecule has 1 saturated heterocycles. The number of esters is 3. The maximum atomic E-state index is 13.5. The van der Waals surface area contributed by atoms with Crippen molar-refractivity contribution in [1.29, 1.82) is 5.26 Å². The van der Waals surface area contributed by atoms with Gasteiger partial charge in [-0.2, -0.15) is 5.26 Å². The molecule has 1 N–H and O–H groups in total. The Bertz CT molecular complexity index is 1890. The zero-order valence-corrected chi connectivity index (χ0v) is 25.4. The van der Waals surface area contributed by atoms with E-state index in [9.17, 15) is 19.6 Å². The van der Waals surface area contributed by atoms with Crippen molar-refractivity contribution in [3.8, 4) is 6.07 Å². The maximum absolute atomic E-state index is 13.5. The number of nitriles is 1. The maximum Gasteiger partial charge on any atom is 0.338 e. The Morgan fingerprint density at radius 1 is 0.787 bits per heavy atom. The fourth-order valence-electron chi connectivity index (χ4n) is 5.16. The molecule has 0 aromatic heterocycles. The molecule has 2 heterocycles. The molecule has 1 fully saturated rings. The molecule has 11 heteroatoms. The van der Waals surface area contributed by atoms with E-state index in [-0.39, 0.29) is 29.0 Å². The number of nitrogens with one attached hydrogen (secondary N) is 1. The molecule has 0 radical (unpaired) electrons. The minimum Gasteiger partial charge on any atom is -0.459 e. The van der Waals surface area contributed by atoms with E-state index < -0.39 is 42.3 Å². The second-order valence-corrected chi connectivity index (χ2v) is 11.0. The van der Waals surface area contributed by atoms with Crippen LogP contribution < -0.4 is 5.32 Å². The van der Waals surface area contributed by atoms with E-state index >= 15 is 0 Å². The molecule has 10 nitrogen and oxygen atoms in total. The first-order valence-electron chi connectivity index (χ1n) is 14.6. The van der Waals surface area contributed by atoms with Crippen LogP contribution in [0.1, 0.15) is 31.1 Å². The molecule has 0 saturated carbocycles. The summed E-state index contributed by atoms with van der Waals surface area (Å²) in [5, 5.41) is 13.8. The zero-order valence-electron chi connectivity index (χ0n) is 24.6. The standard InChI is InChI=1S/C36H26ClN3O7/c37-26-16-17-27-28(18-26)40-30(25(19-38)20-39-27)32-33(47-36(43)24-14-8-3-9-15-24)31(46-35(42)23-12-6-2-7-13-23)29(45-32)21-44-34(41)22-10-4-1-5-11-22/h1-18,20,29,31-33,40H,21H2/t29-,31-,32+,33-/m1/s1. The predicted molar refractivity (Wildman–Crippen MR) is 173 cm³/mol. The molecular formula is C36H26ClN3O7. The van der Waals surface area contributed by atoms with Gasteiger partial charge in [-0.15, -0.1) is 0 Å². The number of allylic oxidation sites excluding steroid dienone is 1. The largest absolute Gasteiger partial charge is 0.459 e. The van der Waals surface area contributed by atoms with Crippen LogP contribution in [-0.4, -0.2) is 55.1 Å². The zero-order chi connectivity index (χ0) is 32.8. The fourth-order valence-corrected chi connectivity index (χ4v) is 5.34. The van der Waals surface area contributed by atoms with E-state index in [1.807, 2.05) is 0 Å². The van der Waals surface area contributed by atoms with Crippen LogP contribution in [0.15, 0.2) is 125 Å². The van der Waals surface area contributed by atoms with Gasteiger partial charge in [0, 0.05) is 11.2 Å². The van der Waals surface area contributed by atoms with Gasteiger partial charge in [-0.25, -0.2) is 14.4 Å². The molecule has 2 aliphatic heterocycles. The van der Waals surface area contributed by atoms with Gasteiger partial charge >= 0.3 is 17.9 Å². The molecule has 47 heavy (non-hydrogen) atoms. The summed E-state index contributed by atoms with van der Waals surface area (Å²) in [4.78, 5) is 44.3. The van der Waals surface area contributed by atoms with Crippen molar-refractivity contribution in [2.24, 2.45) is 4.99 Å². The molecule has 2 aliphatic rings. The minimum absolute atomic E-state index is 0.0677. The van der Waals surface area contributed by atoms with Crippen LogP contribution in [-0.2, 0) is 18.9 Å². The SMILES string of the molecule is N#CC1=C([C@@H]2O[C@H](COC(=O)c3ccccc3)[C@@H](OC(=O)c3ccccc3)[C@H]2OC(=O)c2ccccc2)Nc2cc(Cl)ccc2N=C1. The van der Waals surface area contributed by atoms with Gasteiger partial charge in [0.1, 0.15) is 24.9 Å². The van der Waals surface area contributed by atoms with Gasteiger partial charge in [0.2, 0.25) is 0 Å². The van der Waals surface area contributed by atoms with Gasteiger partial charge in [0.05, 0.1) is 39.3 Å². The Kier molecular flexibility index (Phi) is 9.38. The average molecular weight is 648 g/mol. The van der Waals surface area contributed by atoms with Gasteiger partial charge in [-0.1, -0.05) is 66.2 Å². The van der Waals surface area contributed by atoms with Crippen molar-refractivity contribution in [2.45, 2.75) is 24.4 Å². The number of rotatable bonds is 8. The highest BCUT2D eigenvalue weighted by molar-refractivity contribution is 6.31. The summed E-state index contributed by atoms with van der Waals surface area (Å²) in [6.45, 7) is -0.373. The van der Waals surface area contributed by atoms with Crippen LogP contribution in [0.5, 0.6) is 0 Å². The topological polar surface area (TPSA) is 136 Å². The number of hydrogen-bond donors (Lipinski definition) is 1. The van der Waals surface area contributed by atoms with Crippen LogP contribution in [0.25, 0.3) is 0 Å². The molecule has 0 amide bonds. The third-order valence-corrected chi connectivity index (χ3v) is 7.69. The number of fused-ring (bicyclic) bond motifs is 1. The smallest absolute Gasteiger partial charge is 0.338 e. The number of anilines is 1. The third kappa shape index (κ3) is 7.07. The van der Waals surface area contributed by atoms with E-state index in [0.29, 0.717) is 22.0 Å². The summed E-state index contributed by atoms with van der Waals surface area (Å²) in [7, 11) is 0. The quantitative estimate of drug-likeness (QED) is 0.172. The van der Waals surface area contributed by atoms with E-state index in [1.54, 1.807) is 109 Å². The van der Waals surface area contributed by atoms with Gasteiger partial charge < -0.3 is 24.3 Å². The second kappa shape index (κ2) is 14.1. The van der Waals surface area contributed by atoms with Crippen molar-refractivity contribution in [1.82, 2.24) is 0 Å². The lowest BCUT2D eigenvalue weighted by atomic mass is 10.0. The number of halogens is 1. The normalized spacial score (nSPS) is 19.8. The average Bonchev–Trinajstić information content (AvgIpc) is 3.32. The van der Waals surface area contributed by atoms with Crippen LogP contribution in [0.4, 0.5) is 11.4 Å². The van der Waals surface area contributed by atoms with Crippen LogP contribution >= 0.6 is 11.6 Å². The summed E-state index contributed by atoms with van der Waals surface area (Å²) in [6, 6.07) is 31.9. The van der Waals surface area contributed by atoms with Gasteiger partial charge in [0.15, 0.2) is 12.2 Å². The van der Waals surface area contributed by atoms with Crippen LogP contribution in [0, 0.1) is 11.3 Å². The Morgan fingerprint density at radius 3 is 1.91 bits per heavy atom. The molecular weight excluding hydrogens is 622 g/mol. The molecule has 6 rings (SSSR count). The third-order valence-electron chi connectivity index (χ3n) is 7.46. The summed E-state index contributed by atoms with van der Waals surface area (Å²) in [5.41, 5.74) is 1.98. The first kappa shape index (κ1) is 31.2. The van der Waals surface area contributed by atoms with E-state index in [0.717, 1.165) is 0 Å². The number of carbonyl (C=O) groups is 3. The monoisotopic (exact) mass is 647 g/mol. The number of hydrogen-bond acceptors (Lipinski definition) is 10. The molecule has 4 aromatic rings. The Labute approximate surface area is 274 Å². The second-order valence-electron chi connectivity index (χ2n) is 10.5. The van der Waals surface area contributed by atoms with Crippen molar-refractivity contribution < 1.29 is 33.3 Å². The van der Waals surface area contributed by atoms with E-state index in [2.05, 4.69) is 16.4 Å². The molecule has 0 spiro atoms. The fraction of sp³-hybridized carbons (Fsp3) is 0.139. The number of aliphatic imine (C=N–C) groups is 1. The van der Waals surface area contributed by atoms with Gasteiger partial charge in [-0.05, 0) is 54.6 Å². The summed E-state index contributed by atoms with van der Waals surface area (Å²) >= 11 is 6.28. The van der Waals surface area contributed by atoms with Crippen LogP contribution in [0.3, 0.4) is 0 Å². The molecule has 0 bridgehead atoms. The van der Waals surface area contributed by atoms with Crippen molar-refractivity contribution in [3.05, 3.63) is 142 Å². The predicted octanol–water partition coefficient (Wildman–Crippen LogP) is 6.32. The lowest BCUT2D eigenvalue weighted by Crippen LogP contribution is -2.43. The number of ether oxygens (including phenoxy) is 4. The van der Waals surface area contributed by atoms with Crippen molar-refractivity contribution in [2.75, 3.05) is 11.9 Å². The molecule has 0 unspecified atom stereocenters. The van der Waals surface area contributed by atoms with Crippen molar-refractivity contribution in [3.63, 3.8) is 0 Å². The first-order valence-corrected chi connectivity index (χ1v) is 14.9. The first-order chi connectivity index (χ1) is 22.9. The van der Waals surface area contributed by atoms with E-state index in [4.69, 9.17) is 30.5 Å². The summed E-state index contributed by atoms with van der Waals surface area (Å²) in [5.74, 6) is -2.08. The molecule has 0 aliphatic carbocycles. The Morgan fingerprint density at radius 2 is 1.34 bits per heavy atom. The van der Waals surface area contributed by atoms with Gasteiger partial charge in [0.25, 0.3) is 0 Å². The lowest BCUT2D eigenvalue weighted by Gasteiger charge is -2.26. The van der Waals surface area contributed by atoms with Gasteiger partial charge in [-0.3, -0.25) is 4.99 Å². The number of benzene rings is 4. The minimum atomic E-state index is -1.31. The highest BCUT2D eigenvalue weighted by atomic mass is 35.5. The molecule has 4 aromatic carbocycles. The number of nitrogens with zero attached hydrogens (tertiary/aromatic N) is 2. The molecule has 234 valence electrons. The van der Waals surface area contributed by atoms with Crippen LogP contribution in [0.2, 0.25) is 5.02 Å². The lowest BCUT2D eigenvalue weighted by molar-refractivity contribution is -0.0439. The van der Waals surface area contributed by atoms with Crippen molar-refractivity contribution >= 4 is 47.1 Å². The number of carbonyl (C=O) groups excluding carboxylic acids is 3. The Hall–Kier alpha value is -5.76. The molecule has 4 atom stereocenters. The summed E-state index contributed by atoms with van der Waals surface area (Å²) in [6.07, 6.45) is -3.56. The highest BCUT2D eigenvalue weighted by Crippen LogP contribution is 2.38. The van der Waals surface area contributed by atoms with E-state index in [1.165, 1.54) is 6.21 Å².